The number of H-pyrrole nitrogens is 1. The molecule has 27 heavy (non-hydrogen) atoms. The van der Waals surface area contributed by atoms with E-state index in [2.05, 4.69) is 25.6 Å². The predicted molar refractivity (Wildman–Crippen MR) is 107 cm³/mol. The van der Waals surface area contributed by atoms with Crippen LogP contribution in [0.15, 0.2) is 60.9 Å². The molecule has 5 nitrogen and oxygen atoms in total. The maximum atomic E-state index is 13.4. The fraction of sp³-hybridized carbons (Fsp3) is 0.143. The van der Waals surface area contributed by atoms with Crippen LogP contribution in [-0.4, -0.2) is 35.1 Å². The Labute approximate surface area is 156 Å². The van der Waals surface area contributed by atoms with E-state index in [4.69, 9.17) is 0 Å². The first-order valence-corrected chi connectivity index (χ1v) is 8.84. The predicted octanol–water partition coefficient (Wildman–Crippen LogP) is 4.06. The molecule has 1 aromatic carbocycles. The number of pyridine rings is 2. The largest absolute Gasteiger partial charge is 0.369 e. The van der Waals surface area contributed by atoms with Gasteiger partial charge in [-0.05, 0) is 49.0 Å². The van der Waals surface area contributed by atoms with Crippen molar-refractivity contribution in [3.05, 3.63) is 66.7 Å². The van der Waals surface area contributed by atoms with Gasteiger partial charge in [0, 0.05) is 36.6 Å². The number of hydrogen-bond acceptors (Lipinski definition) is 4. The van der Waals surface area contributed by atoms with Crippen LogP contribution >= 0.6 is 0 Å². The minimum absolute atomic E-state index is 0.256. The molecule has 6 heteroatoms. The van der Waals surface area contributed by atoms with Crippen LogP contribution in [-0.2, 0) is 0 Å². The fourth-order valence-electron chi connectivity index (χ4n) is 3.13. The van der Waals surface area contributed by atoms with Crippen LogP contribution in [0, 0.1) is 5.82 Å². The van der Waals surface area contributed by atoms with Gasteiger partial charge in [0.1, 0.15) is 11.6 Å². The number of fused-ring (bicyclic) bond motifs is 1. The van der Waals surface area contributed by atoms with Gasteiger partial charge in [-0.2, -0.15) is 0 Å². The van der Waals surface area contributed by atoms with E-state index in [1.165, 1.54) is 12.1 Å². The van der Waals surface area contributed by atoms with Crippen LogP contribution in [0.3, 0.4) is 0 Å². The molecule has 0 spiro atoms. The van der Waals surface area contributed by atoms with Gasteiger partial charge in [0.05, 0.1) is 16.7 Å². The lowest BCUT2D eigenvalue weighted by Crippen LogP contribution is -2.18. The molecule has 4 aromatic rings. The number of likely N-dealkylation sites (N-methyl/N-ethyl adjacent to an activating group) is 1. The maximum Gasteiger partial charge on any atom is 0.126 e. The van der Waals surface area contributed by atoms with Crippen molar-refractivity contribution in [1.82, 2.24) is 20.3 Å². The van der Waals surface area contributed by atoms with Crippen molar-refractivity contribution in [1.29, 1.82) is 0 Å². The summed E-state index contributed by atoms with van der Waals surface area (Å²) in [7, 11) is 1.91. The number of benzene rings is 1. The van der Waals surface area contributed by atoms with Gasteiger partial charge in [-0.1, -0.05) is 12.1 Å². The average Bonchev–Trinajstić information content (AvgIpc) is 3.09. The first-order valence-electron chi connectivity index (χ1n) is 8.84. The fourth-order valence-corrected chi connectivity index (χ4v) is 3.13. The standard InChI is InChI=1S/C21H20FN5/c1-23-11-12-25-18-13-15(8-10-24-18)20-19(14-4-6-16(22)7-5-14)21-17(27-20)3-2-9-26-21/h2-10,13,23,27H,11-12H2,1H3,(H,24,25). The third-order valence-corrected chi connectivity index (χ3v) is 4.42. The van der Waals surface area contributed by atoms with Crippen molar-refractivity contribution in [2.75, 3.05) is 25.5 Å². The number of aromatic nitrogens is 3. The minimum atomic E-state index is -0.256. The zero-order valence-electron chi connectivity index (χ0n) is 15.0. The van der Waals surface area contributed by atoms with Crippen LogP contribution in [0.5, 0.6) is 0 Å². The van der Waals surface area contributed by atoms with Gasteiger partial charge in [0.15, 0.2) is 0 Å². The summed E-state index contributed by atoms with van der Waals surface area (Å²) in [4.78, 5) is 12.4. The van der Waals surface area contributed by atoms with Gasteiger partial charge in [-0.25, -0.2) is 9.37 Å². The monoisotopic (exact) mass is 361 g/mol. The lowest BCUT2D eigenvalue weighted by Gasteiger charge is -2.09. The molecule has 0 saturated heterocycles. The number of rotatable bonds is 6. The van der Waals surface area contributed by atoms with E-state index in [1.54, 1.807) is 24.5 Å². The van der Waals surface area contributed by atoms with Crippen molar-refractivity contribution in [3.63, 3.8) is 0 Å². The van der Waals surface area contributed by atoms with Crippen molar-refractivity contribution < 1.29 is 4.39 Å². The lowest BCUT2D eigenvalue weighted by molar-refractivity contribution is 0.628. The van der Waals surface area contributed by atoms with Gasteiger partial charge >= 0.3 is 0 Å². The third kappa shape index (κ3) is 3.52. The Hall–Kier alpha value is -3.25. The maximum absolute atomic E-state index is 13.4. The number of nitrogens with zero attached hydrogens (tertiary/aromatic N) is 2. The minimum Gasteiger partial charge on any atom is -0.369 e. The molecule has 3 aromatic heterocycles. The number of halogens is 1. The molecular weight excluding hydrogens is 341 g/mol. The number of anilines is 1. The highest BCUT2D eigenvalue weighted by atomic mass is 19.1. The summed E-state index contributed by atoms with van der Waals surface area (Å²) in [6, 6.07) is 14.4. The average molecular weight is 361 g/mol. The van der Waals surface area contributed by atoms with Crippen molar-refractivity contribution in [2.45, 2.75) is 0 Å². The van der Waals surface area contributed by atoms with E-state index in [9.17, 15) is 4.39 Å². The van der Waals surface area contributed by atoms with Crippen LogP contribution in [0.4, 0.5) is 10.2 Å². The summed E-state index contributed by atoms with van der Waals surface area (Å²) < 4.78 is 13.4. The molecule has 0 amide bonds. The van der Waals surface area contributed by atoms with Crippen LogP contribution in [0.1, 0.15) is 0 Å². The quantitative estimate of drug-likeness (QED) is 0.453. The third-order valence-electron chi connectivity index (χ3n) is 4.42. The number of aromatic amines is 1. The van der Waals surface area contributed by atoms with Gasteiger partial charge in [-0.15, -0.1) is 0 Å². The highest BCUT2D eigenvalue weighted by Gasteiger charge is 2.16. The zero-order chi connectivity index (χ0) is 18.6. The number of hydrogen-bond donors (Lipinski definition) is 3. The van der Waals surface area contributed by atoms with Gasteiger partial charge in [0.25, 0.3) is 0 Å². The van der Waals surface area contributed by atoms with E-state index in [1.807, 2.05) is 31.3 Å². The molecule has 0 saturated carbocycles. The molecule has 0 atom stereocenters. The molecule has 136 valence electrons. The highest BCUT2D eigenvalue weighted by Crippen LogP contribution is 2.37. The molecule has 0 aliphatic carbocycles. The SMILES string of the molecule is CNCCNc1cc(-c2[nH]c3cccnc3c2-c2ccc(F)cc2)ccn1. The van der Waals surface area contributed by atoms with E-state index in [-0.39, 0.29) is 5.82 Å². The topological polar surface area (TPSA) is 65.6 Å². The first-order chi connectivity index (χ1) is 13.3. The first kappa shape index (κ1) is 17.2. The Morgan fingerprint density at radius 3 is 2.63 bits per heavy atom. The van der Waals surface area contributed by atoms with Crippen LogP contribution in [0.2, 0.25) is 0 Å². The highest BCUT2D eigenvalue weighted by molar-refractivity contribution is 6.01. The Morgan fingerprint density at radius 1 is 0.963 bits per heavy atom. The molecule has 3 heterocycles. The van der Waals surface area contributed by atoms with E-state index < -0.39 is 0 Å². The molecule has 0 unspecified atom stereocenters. The normalized spacial score (nSPS) is 11.0. The van der Waals surface area contributed by atoms with Crippen molar-refractivity contribution >= 4 is 16.9 Å². The Kier molecular flexibility index (Phi) is 4.80. The van der Waals surface area contributed by atoms with Gasteiger partial charge in [0.2, 0.25) is 0 Å². The second kappa shape index (κ2) is 7.55. The summed E-state index contributed by atoms with van der Waals surface area (Å²) in [5.74, 6) is 0.549. The van der Waals surface area contributed by atoms with Crippen molar-refractivity contribution in [2.24, 2.45) is 0 Å². The van der Waals surface area contributed by atoms with E-state index in [0.717, 1.165) is 52.3 Å². The second-order valence-corrected chi connectivity index (χ2v) is 6.24. The summed E-state index contributed by atoms with van der Waals surface area (Å²) in [6.45, 7) is 1.63. The van der Waals surface area contributed by atoms with Crippen LogP contribution < -0.4 is 10.6 Å². The molecule has 4 rings (SSSR count). The van der Waals surface area contributed by atoms with Crippen LogP contribution in [0.25, 0.3) is 33.4 Å². The molecule has 0 bridgehead atoms. The summed E-state index contributed by atoms with van der Waals surface area (Å²) in [5, 5.41) is 6.41. The molecule has 0 radical (unpaired) electrons. The number of nitrogens with one attached hydrogen (secondary N) is 3. The summed E-state index contributed by atoms with van der Waals surface area (Å²) >= 11 is 0. The smallest absolute Gasteiger partial charge is 0.126 e. The summed E-state index contributed by atoms with van der Waals surface area (Å²) in [6.07, 6.45) is 3.55. The Bertz CT molecular complexity index is 1060. The van der Waals surface area contributed by atoms with E-state index >= 15 is 0 Å². The van der Waals surface area contributed by atoms with Crippen molar-refractivity contribution in [3.8, 4) is 22.4 Å². The molecular formula is C21H20FN5. The molecule has 0 aliphatic rings. The Balaban J connectivity index is 1.83. The van der Waals surface area contributed by atoms with E-state index in [0.29, 0.717) is 0 Å². The second-order valence-electron chi connectivity index (χ2n) is 6.24. The lowest BCUT2D eigenvalue weighted by atomic mass is 10.0. The molecule has 0 fully saturated rings. The summed E-state index contributed by atoms with van der Waals surface area (Å²) in [5.41, 5.74) is 5.61. The van der Waals surface area contributed by atoms with Gasteiger partial charge < -0.3 is 15.6 Å². The zero-order valence-corrected chi connectivity index (χ0v) is 15.0. The Morgan fingerprint density at radius 2 is 1.81 bits per heavy atom. The molecule has 3 N–H and O–H groups in total. The van der Waals surface area contributed by atoms with Gasteiger partial charge in [-0.3, -0.25) is 4.98 Å². The molecule has 0 aliphatic heterocycles.